The molecule has 1 aliphatic rings. The third-order valence-electron chi connectivity index (χ3n) is 3.68. The maximum absolute atomic E-state index is 11.4. The lowest BCUT2D eigenvalue weighted by Gasteiger charge is -2.14. The first-order valence-electron chi connectivity index (χ1n) is 6.98. The van der Waals surface area contributed by atoms with Crippen LogP contribution in [-0.2, 0) is 4.79 Å². The lowest BCUT2D eigenvalue weighted by Crippen LogP contribution is -2.13. The molecule has 0 saturated carbocycles. The van der Waals surface area contributed by atoms with Gasteiger partial charge in [-0.25, -0.2) is 4.85 Å². The van der Waals surface area contributed by atoms with Gasteiger partial charge in [0, 0.05) is 18.9 Å². The summed E-state index contributed by atoms with van der Waals surface area (Å²) in [5.41, 5.74) is 1.27. The average molecular weight is 347 g/mol. The molecule has 0 aromatic heterocycles. The van der Waals surface area contributed by atoms with E-state index in [0.29, 0.717) is 34.4 Å². The second-order valence-electron chi connectivity index (χ2n) is 5.20. The topological polar surface area (TPSA) is 42.7 Å². The highest BCUT2D eigenvalue weighted by Gasteiger charge is 2.24. The van der Waals surface area contributed by atoms with Crippen molar-refractivity contribution < 1.29 is 9.53 Å². The number of nitrogens with one attached hydrogen (secondary N) is 1. The molecule has 0 unspecified atom stereocenters. The Morgan fingerprint density at radius 2 is 2.04 bits per heavy atom. The number of carbonyl (C=O) groups is 1. The summed E-state index contributed by atoms with van der Waals surface area (Å²) in [5.74, 6) is 0.827. The van der Waals surface area contributed by atoms with Gasteiger partial charge < -0.3 is 10.1 Å². The molecule has 2 aromatic carbocycles. The molecule has 6 heteroatoms. The van der Waals surface area contributed by atoms with E-state index in [1.54, 1.807) is 30.3 Å². The van der Waals surface area contributed by atoms with Gasteiger partial charge in [-0.05, 0) is 23.8 Å². The minimum Gasteiger partial charge on any atom is -0.465 e. The van der Waals surface area contributed by atoms with Gasteiger partial charge in [-0.2, -0.15) is 0 Å². The normalized spacial score (nSPS) is 16.7. The third kappa shape index (κ3) is 3.26. The smallest absolute Gasteiger partial charge is 0.230 e. The lowest BCUT2D eigenvalue weighted by molar-refractivity contribution is -0.119. The summed E-state index contributed by atoms with van der Waals surface area (Å²) < 4.78 is 5.81. The molecule has 3 rings (SSSR count). The molecular weight excluding hydrogens is 335 g/mol. The number of rotatable bonds is 3. The molecule has 1 heterocycles. The highest BCUT2D eigenvalue weighted by Crippen LogP contribution is 2.41. The highest BCUT2D eigenvalue weighted by molar-refractivity contribution is 6.33. The summed E-state index contributed by atoms with van der Waals surface area (Å²) >= 11 is 12.3. The van der Waals surface area contributed by atoms with Gasteiger partial charge in [0.2, 0.25) is 11.6 Å². The van der Waals surface area contributed by atoms with Gasteiger partial charge in [0.15, 0.2) is 5.75 Å². The predicted octanol–water partition coefficient (Wildman–Crippen LogP) is 4.94. The zero-order valence-electron chi connectivity index (χ0n) is 12.0. The van der Waals surface area contributed by atoms with Crippen LogP contribution in [0.2, 0.25) is 10.0 Å². The molecule has 1 N–H and O–H groups in total. The van der Waals surface area contributed by atoms with E-state index in [1.165, 1.54) is 0 Å². The number of hydrogen-bond acceptors (Lipinski definition) is 2. The molecule has 23 heavy (non-hydrogen) atoms. The van der Waals surface area contributed by atoms with Crippen molar-refractivity contribution in [3.63, 3.8) is 0 Å². The van der Waals surface area contributed by atoms with Crippen LogP contribution in [0.3, 0.4) is 0 Å². The number of benzene rings is 2. The molecule has 1 amide bonds. The summed E-state index contributed by atoms with van der Waals surface area (Å²) in [6, 6.07) is 10.4. The van der Waals surface area contributed by atoms with E-state index in [-0.39, 0.29) is 17.6 Å². The van der Waals surface area contributed by atoms with Crippen molar-refractivity contribution in [1.29, 1.82) is 0 Å². The first kappa shape index (κ1) is 15.7. The fourth-order valence-corrected chi connectivity index (χ4v) is 2.85. The van der Waals surface area contributed by atoms with Crippen molar-refractivity contribution in [2.24, 2.45) is 0 Å². The number of carbonyl (C=O) groups excluding carboxylic acids is 1. The fraction of sp³-hybridized carbons (Fsp3) is 0.176. The quantitative estimate of drug-likeness (QED) is 0.799. The molecule has 0 bridgehead atoms. The summed E-state index contributed by atoms with van der Waals surface area (Å²) in [6.07, 6.45) is 0.445. The summed E-state index contributed by atoms with van der Waals surface area (Å²) in [4.78, 5) is 14.8. The van der Waals surface area contributed by atoms with Crippen molar-refractivity contribution in [2.75, 3.05) is 6.54 Å². The molecule has 1 fully saturated rings. The molecule has 1 atom stereocenters. The second kappa shape index (κ2) is 6.49. The molecule has 4 nitrogen and oxygen atoms in total. The molecule has 2 aromatic rings. The Bertz CT molecular complexity index is 815. The van der Waals surface area contributed by atoms with Crippen LogP contribution in [0, 0.1) is 6.57 Å². The summed E-state index contributed by atoms with van der Waals surface area (Å²) in [5, 5.41) is 3.57. The van der Waals surface area contributed by atoms with Crippen molar-refractivity contribution in [3.8, 4) is 11.5 Å². The minimum atomic E-state index is 0.0359. The Morgan fingerprint density at radius 1 is 1.22 bits per heavy atom. The van der Waals surface area contributed by atoms with Gasteiger partial charge in [0.1, 0.15) is 5.75 Å². The van der Waals surface area contributed by atoms with Gasteiger partial charge in [-0.1, -0.05) is 41.4 Å². The summed E-state index contributed by atoms with van der Waals surface area (Å²) in [6.45, 7) is 7.81. The van der Waals surface area contributed by atoms with Crippen molar-refractivity contribution in [2.45, 2.75) is 12.3 Å². The van der Waals surface area contributed by atoms with Crippen LogP contribution in [0.15, 0.2) is 36.4 Å². The van der Waals surface area contributed by atoms with Crippen LogP contribution in [0.25, 0.3) is 4.85 Å². The zero-order valence-corrected chi connectivity index (χ0v) is 13.5. The molecular formula is C17H12Cl2N2O2. The maximum Gasteiger partial charge on any atom is 0.230 e. The first-order chi connectivity index (χ1) is 11.1. The Kier molecular flexibility index (Phi) is 4.42. The third-order valence-corrected chi connectivity index (χ3v) is 4.29. The van der Waals surface area contributed by atoms with Crippen molar-refractivity contribution in [1.82, 2.24) is 5.32 Å². The first-order valence-corrected chi connectivity index (χ1v) is 7.74. The number of nitrogens with zero attached hydrogens (tertiary/aromatic N) is 1. The van der Waals surface area contributed by atoms with E-state index in [1.807, 2.05) is 6.07 Å². The minimum absolute atomic E-state index is 0.0359. The van der Waals surface area contributed by atoms with E-state index in [4.69, 9.17) is 34.5 Å². The van der Waals surface area contributed by atoms with E-state index >= 15 is 0 Å². The van der Waals surface area contributed by atoms with Crippen molar-refractivity contribution >= 4 is 34.8 Å². The van der Waals surface area contributed by atoms with Gasteiger partial charge in [0.05, 0.1) is 16.6 Å². The Hall–Kier alpha value is -2.22. The number of hydrogen-bond donors (Lipinski definition) is 1. The molecule has 1 aliphatic heterocycles. The van der Waals surface area contributed by atoms with Crippen molar-refractivity contribution in [3.05, 3.63) is 63.4 Å². The molecule has 0 radical (unpaired) electrons. The molecule has 116 valence electrons. The highest BCUT2D eigenvalue weighted by atomic mass is 35.5. The second-order valence-corrected chi connectivity index (χ2v) is 6.01. The zero-order chi connectivity index (χ0) is 16.4. The van der Waals surface area contributed by atoms with E-state index in [2.05, 4.69) is 10.2 Å². The Labute approximate surface area is 143 Å². The largest absolute Gasteiger partial charge is 0.465 e. The number of amides is 1. The molecule has 0 spiro atoms. The van der Waals surface area contributed by atoms with Crippen LogP contribution in [0.4, 0.5) is 5.69 Å². The fourth-order valence-electron chi connectivity index (χ4n) is 2.49. The lowest BCUT2D eigenvalue weighted by atomic mass is 9.98. The molecule has 0 aliphatic carbocycles. The van der Waals surface area contributed by atoms with Gasteiger partial charge in [-0.3, -0.25) is 4.79 Å². The maximum atomic E-state index is 11.4. The van der Waals surface area contributed by atoms with Crippen LogP contribution in [0.5, 0.6) is 11.5 Å². The monoisotopic (exact) mass is 346 g/mol. The molecule has 1 saturated heterocycles. The van der Waals surface area contributed by atoms with Gasteiger partial charge in [-0.15, -0.1) is 0 Å². The van der Waals surface area contributed by atoms with Crippen LogP contribution in [-0.4, -0.2) is 12.5 Å². The van der Waals surface area contributed by atoms with E-state index < -0.39 is 0 Å². The van der Waals surface area contributed by atoms with Gasteiger partial charge >= 0.3 is 0 Å². The SMILES string of the molecule is [C-]#[N+]c1cccc(Cl)c1Oc1cc([C@@H]2CNC(=O)C2)ccc1Cl. The van der Waals surface area contributed by atoms with Crippen LogP contribution >= 0.6 is 23.2 Å². The number of para-hydroxylation sites is 1. The Morgan fingerprint density at radius 3 is 2.74 bits per heavy atom. The number of halogens is 2. The Balaban J connectivity index is 1.95. The standard InChI is InChI=1S/C17H12Cl2N2O2/c1-20-14-4-2-3-13(19)17(14)23-15-7-10(5-6-12(15)18)11-8-16(22)21-9-11/h2-7,11H,8-9H2,(H,21,22)/t11-/m0/s1. The van der Waals surface area contributed by atoms with Crippen LogP contribution in [0.1, 0.15) is 17.9 Å². The number of ether oxygens (including phenoxy) is 1. The summed E-state index contributed by atoms with van der Waals surface area (Å²) in [7, 11) is 0. The van der Waals surface area contributed by atoms with Crippen LogP contribution < -0.4 is 10.1 Å². The predicted molar refractivity (Wildman–Crippen MR) is 89.6 cm³/mol. The van der Waals surface area contributed by atoms with Gasteiger partial charge in [0.25, 0.3) is 0 Å². The average Bonchev–Trinajstić information content (AvgIpc) is 2.97. The van der Waals surface area contributed by atoms with E-state index in [0.717, 1.165) is 5.56 Å². The van der Waals surface area contributed by atoms with E-state index in [9.17, 15) is 4.79 Å².